The third-order valence-corrected chi connectivity index (χ3v) is 6.16. The van der Waals surface area contributed by atoms with Crippen molar-refractivity contribution in [2.24, 2.45) is 5.92 Å². The number of amides is 3. The monoisotopic (exact) mass is 425 g/mol. The van der Waals surface area contributed by atoms with Gasteiger partial charge in [0.25, 0.3) is 0 Å². The maximum Gasteiger partial charge on any atom is 0.324 e. The zero-order chi connectivity index (χ0) is 21.8. The van der Waals surface area contributed by atoms with E-state index in [9.17, 15) is 9.59 Å². The molecule has 0 aliphatic carbocycles. The number of urea groups is 1. The zero-order valence-corrected chi connectivity index (χ0v) is 18.3. The van der Waals surface area contributed by atoms with E-state index in [0.717, 1.165) is 29.2 Å². The minimum absolute atomic E-state index is 0.00312. The molecule has 1 N–H and O–H groups in total. The normalized spacial score (nSPS) is 19.0. The molecule has 1 unspecified atom stereocenters. The number of benzene rings is 1. The first-order valence-electron chi connectivity index (χ1n) is 11.2. The van der Waals surface area contributed by atoms with Crippen LogP contribution in [-0.4, -0.2) is 49.1 Å². The third kappa shape index (κ3) is 4.86. The number of hydrogen-bond acceptors (Lipinski definition) is 4. The van der Waals surface area contributed by atoms with E-state index in [-0.39, 0.29) is 24.0 Å². The first-order chi connectivity index (χ1) is 15.0. The number of nitrogens with one attached hydrogen (secondary N) is 1. The first-order valence-corrected chi connectivity index (χ1v) is 11.2. The molecular formula is C24H31N3O4. The van der Waals surface area contributed by atoms with Crippen molar-refractivity contribution in [3.8, 4) is 5.75 Å². The number of anilines is 1. The predicted octanol–water partition coefficient (Wildman–Crippen LogP) is 3.76. The van der Waals surface area contributed by atoms with Gasteiger partial charge in [-0.3, -0.25) is 9.69 Å². The number of likely N-dealkylation sites (tertiary alicyclic amines) is 1. The fourth-order valence-electron chi connectivity index (χ4n) is 4.26. The van der Waals surface area contributed by atoms with Crippen LogP contribution in [0.25, 0.3) is 0 Å². The second-order valence-corrected chi connectivity index (χ2v) is 8.39. The molecule has 0 saturated carbocycles. The Morgan fingerprint density at radius 3 is 2.71 bits per heavy atom. The van der Waals surface area contributed by atoms with E-state index < -0.39 is 0 Å². The summed E-state index contributed by atoms with van der Waals surface area (Å²) in [5.41, 5.74) is 1.94. The minimum atomic E-state index is -0.0525. The number of carbonyl (C=O) groups excluding carboxylic acids is 2. The summed E-state index contributed by atoms with van der Waals surface area (Å²) in [5, 5.41) is 3.00. The van der Waals surface area contributed by atoms with Crippen molar-refractivity contribution < 1.29 is 18.7 Å². The Kier molecular flexibility index (Phi) is 6.49. The Morgan fingerprint density at radius 1 is 1.19 bits per heavy atom. The van der Waals surface area contributed by atoms with E-state index >= 15 is 0 Å². The second kappa shape index (κ2) is 9.45. The molecule has 7 nitrogen and oxygen atoms in total. The van der Waals surface area contributed by atoms with Crippen LogP contribution in [0.15, 0.2) is 41.0 Å². The predicted molar refractivity (Wildman–Crippen MR) is 118 cm³/mol. The van der Waals surface area contributed by atoms with Crippen LogP contribution in [0, 0.1) is 12.8 Å². The number of piperidine rings is 1. The van der Waals surface area contributed by atoms with Crippen LogP contribution in [0.4, 0.5) is 10.5 Å². The Balaban J connectivity index is 1.33. The summed E-state index contributed by atoms with van der Waals surface area (Å²) in [6, 6.07) is 9.73. The van der Waals surface area contributed by atoms with Crippen LogP contribution in [0.2, 0.25) is 0 Å². The lowest BCUT2D eigenvalue weighted by Crippen LogP contribution is -2.52. The number of fused-ring (bicyclic) bond motifs is 1. The summed E-state index contributed by atoms with van der Waals surface area (Å²) in [4.78, 5) is 29.6. The molecule has 0 spiro atoms. The van der Waals surface area contributed by atoms with Crippen LogP contribution in [0.1, 0.15) is 37.5 Å². The summed E-state index contributed by atoms with van der Waals surface area (Å²) in [6.07, 6.45) is 4.53. The number of carbonyl (C=O) groups is 2. The molecule has 3 heterocycles. The van der Waals surface area contributed by atoms with Gasteiger partial charge >= 0.3 is 6.03 Å². The standard InChI is InChI=1S/C24H31N3O4/c1-3-19-16-27(21-15-17(2)6-7-22(21)31-19)24(29)26-12-9-18(10-13-26)23(28)25-11-8-20-5-4-14-30-20/h4-7,14-15,18-19H,3,8-13,16H2,1-2H3,(H,25,28). The lowest BCUT2D eigenvalue weighted by molar-refractivity contribution is -0.126. The van der Waals surface area contributed by atoms with Crippen molar-refractivity contribution in [2.45, 2.75) is 45.6 Å². The highest BCUT2D eigenvalue weighted by Crippen LogP contribution is 2.36. The largest absolute Gasteiger partial charge is 0.486 e. The summed E-state index contributed by atoms with van der Waals surface area (Å²) in [7, 11) is 0. The molecule has 1 atom stereocenters. The van der Waals surface area contributed by atoms with E-state index in [1.807, 2.05) is 47.1 Å². The van der Waals surface area contributed by atoms with Crippen molar-refractivity contribution in [2.75, 3.05) is 31.1 Å². The SMILES string of the molecule is CCC1CN(C(=O)N2CCC(C(=O)NCCc3ccco3)CC2)c2cc(C)ccc2O1. The summed E-state index contributed by atoms with van der Waals surface area (Å²) >= 11 is 0. The Hall–Kier alpha value is -2.96. The van der Waals surface area contributed by atoms with Crippen molar-refractivity contribution in [3.63, 3.8) is 0 Å². The molecule has 166 valence electrons. The van der Waals surface area contributed by atoms with E-state index in [0.29, 0.717) is 45.4 Å². The fraction of sp³-hybridized carbons (Fsp3) is 0.500. The molecule has 31 heavy (non-hydrogen) atoms. The molecule has 3 amide bonds. The molecule has 4 rings (SSSR count). The number of hydrogen-bond donors (Lipinski definition) is 1. The lowest BCUT2D eigenvalue weighted by Gasteiger charge is -2.39. The van der Waals surface area contributed by atoms with E-state index in [1.165, 1.54) is 0 Å². The smallest absolute Gasteiger partial charge is 0.324 e. The molecule has 1 aromatic heterocycles. The van der Waals surface area contributed by atoms with Gasteiger partial charge in [-0.15, -0.1) is 0 Å². The van der Waals surface area contributed by atoms with Gasteiger partial charge in [0.2, 0.25) is 5.91 Å². The van der Waals surface area contributed by atoms with Gasteiger partial charge in [-0.1, -0.05) is 13.0 Å². The molecule has 2 aliphatic rings. The number of furan rings is 1. The maximum atomic E-state index is 13.4. The van der Waals surface area contributed by atoms with Gasteiger partial charge < -0.3 is 19.4 Å². The average Bonchev–Trinajstić information content (AvgIpc) is 3.31. The Bertz CT molecular complexity index is 904. The van der Waals surface area contributed by atoms with Gasteiger partial charge in [-0.2, -0.15) is 0 Å². The van der Waals surface area contributed by atoms with Crippen LogP contribution >= 0.6 is 0 Å². The van der Waals surface area contributed by atoms with Gasteiger partial charge in [-0.25, -0.2) is 4.79 Å². The summed E-state index contributed by atoms with van der Waals surface area (Å²) in [6.45, 7) is 6.38. The summed E-state index contributed by atoms with van der Waals surface area (Å²) in [5.74, 6) is 1.65. The van der Waals surface area contributed by atoms with Crippen molar-refractivity contribution in [1.82, 2.24) is 10.2 Å². The molecule has 1 aromatic carbocycles. The van der Waals surface area contributed by atoms with E-state index in [2.05, 4.69) is 12.2 Å². The van der Waals surface area contributed by atoms with Gasteiger partial charge in [0.05, 0.1) is 18.5 Å². The number of ether oxygens (including phenoxy) is 1. The fourth-order valence-corrected chi connectivity index (χ4v) is 4.26. The first kappa shape index (κ1) is 21.3. The van der Waals surface area contributed by atoms with Crippen molar-refractivity contribution in [3.05, 3.63) is 47.9 Å². The van der Waals surface area contributed by atoms with Crippen LogP contribution in [-0.2, 0) is 11.2 Å². The second-order valence-electron chi connectivity index (χ2n) is 8.39. The van der Waals surface area contributed by atoms with Gasteiger partial charge in [0.1, 0.15) is 17.6 Å². The molecule has 7 heteroatoms. The molecule has 0 radical (unpaired) electrons. The van der Waals surface area contributed by atoms with E-state index in [1.54, 1.807) is 6.26 Å². The Labute approximate surface area is 183 Å². The van der Waals surface area contributed by atoms with Crippen LogP contribution in [0.5, 0.6) is 5.75 Å². The van der Waals surface area contributed by atoms with Crippen LogP contribution < -0.4 is 15.0 Å². The topological polar surface area (TPSA) is 75.0 Å². The van der Waals surface area contributed by atoms with Crippen molar-refractivity contribution >= 4 is 17.6 Å². The van der Waals surface area contributed by atoms with Gasteiger partial charge in [0.15, 0.2) is 0 Å². The molecule has 1 saturated heterocycles. The van der Waals surface area contributed by atoms with Gasteiger partial charge in [-0.05, 0) is 56.0 Å². The maximum absolute atomic E-state index is 13.4. The zero-order valence-electron chi connectivity index (χ0n) is 18.3. The lowest BCUT2D eigenvalue weighted by atomic mass is 9.96. The quantitative estimate of drug-likeness (QED) is 0.792. The van der Waals surface area contributed by atoms with E-state index in [4.69, 9.17) is 9.15 Å². The number of rotatable bonds is 5. The highest BCUT2D eigenvalue weighted by Gasteiger charge is 2.34. The molecule has 0 bridgehead atoms. The van der Waals surface area contributed by atoms with Gasteiger partial charge in [0, 0.05) is 32.0 Å². The van der Waals surface area contributed by atoms with Crippen molar-refractivity contribution in [1.29, 1.82) is 0 Å². The molecular weight excluding hydrogens is 394 g/mol. The Morgan fingerprint density at radius 2 is 2.00 bits per heavy atom. The molecule has 2 aromatic rings. The highest BCUT2D eigenvalue weighted by molar-refractivity contribution is 5.94. The molecule has 1 fully saturated rings. The number of nitrogens with zero attached hydrogens (tertiary/aromatic N) is 2. The summed E-state index contributed by atoms with van der Waals surface area (Å²) < 4.78 is 11.3. The average molecular weight is 426 g/mol. The molecule has 2 aliphatic heterocycles. The third-order valence-electron chi connectivity index (χ3n) is 6.16. The highest BCUT2D eigenvalue weighted by atomic mass is 16.5. The van der Waals surface area contributed by atoms with Crippen LogP contribution in [0.3, 0.4) is 0 Å². The minimum Gasteiger partial charge on any atom is -0.486 e. The number of aryl methyl sites for hydroxylation is 1.